The van der Waals surface area contributed by atoms with Crippen LogP contribution in [0.4, 0.5) is 15.5 Å². The van der Waals surface area contributed by atoms with Gasteiger partial charge in [-0.05, 0) is 31.0 Å². The molecule has 2 fully saturated rings. The first-order valence-electron chi connectivity index (χ1n) is 11.4. The van der Waals surface area contributed by atoms with Gasteiger partial charge in [0.2, 0.25) is 5.95 Å². The van der Waals surface area contributed by atoms with Crippen LogP contribution < -0.4 is 15.4 Å². The van der Waals surface area contributed by atoms with Crippen LogP contribution in [0.3, 0.4) is 0 Å². The van der Waals surface area contributed by atoms with E-state index in [-0.39, 0.29) is 28.8 Å². The Morgan fingerprint density at radius 3 is 2.74 bits per heavy atom. The number of anilines is 2. The molecular weight excluding hydrogens is 473 g/mol. The molecule has 1 saturated carbocycles. The lowest BCUT2D eigenvalue weighted by Gasteiger charge is -2.44. The van der Waals surface area contributed by atoms with Crippen LogP contribution in [0.5, 0.6) is 11.8 Å². The van der Waals surface area contributed by atoms with Gasteiger partial charge in [-0.15, -0.1) is 0 Å². The first-order chi connectivity index (χ1) is 16.8. The van der Waals surface area contributed by atoms with Crippen molar-refractivity contribution in [2.45, 2.75) is 31.2 Å². The molecule has 2 aliphatic rings. The highest BCUT2D eigenvalue weighted by molar-refractivity contribution is 7.18. The number of carbonyl (C=O) groups excluding carboxylic acids is 1. The van der Waals surface area contributed by atoms with Crippen molar-refractivity contribution >= 4 is 28.3 Å². The summed E-state index contributed by atoms with van der Waals surface area (Å²) in [5, 5.41) is 0.384. The number of rotatable bonds is 5. The maximum absolute atomic E-state index is 14.9. The van der Waals surface area contributed by atoms with E-state index in [0.29, 0.717) is 41.5 Å². The SMILES string of the molecule is CN(C)C(=O)c1ccc(Oc2nc(-c3cnc(N)s3)nc(N3CCOCC34CCCC4)n2)c(F)c1. The first kappa shape index (κ1) is 23.4. The Bertz CT molecular complexity index is 1250. The van der Waals surface area contributed by atoms with Gasteiger partial charge in [-0.3, -0.25) is 4.79 Å². The summed E-state index contributed by atoms with van der Waals surface area (Å²) >= 11 is 1.24. The van der Waals surface area contributed by atoms with E-state index in [0.717, 1.165) is 31.7 Å². The molecule has 3 heterocycles. The number of halogens is 1. The van der Waals surface area contributed by atoms with Crippen molar-refractivity contribution < 1.29 is 18.7 Å². The van der Waals surface area contributed by atoms with Crippen LogP contribution in [0.15, 0.2) is 24.4 Å². The number of benzene rings is 1. The molecule has 2 aromatic heterocycles. The summed E-state index contributed by atoms with van der Waals surface area (Å²) in [5.41, 5.74) is 5.87. The third kappa shape index (κ3) is 4.63. The topological polar surface area (TPSA) is 120 Å². The average molecular weight is 500 g/mol. The van der Waals surface area contributed by atoms with Crippen molar-refractivity contribution in [2.24, 2.45) is 0 Å². The molecule has 1 spiro atoms. The summed E-state index contributed by atoms with van der Waals surface area (Å²) in [6, 6.07) is 3.98. The lowest BCUT2D eigenvalue weighted by molar-refractivity contribution is 0.0510. The highest BCUT2D eigenvalue weighted by atomic mass is 32.1. The van der Waals surface area contributed by atoms with Crippen LogP contribution in [-0.4, -0.2) is 70.1 Å². The largest absolute Gasteiger partial charge is 0.421 e. The number of nitrogen functional groups attached to an aromatic ring is 1. The van der Waals surface area contributed by atoms with E-state index in [1.54, 1.807) is 20.3 Å². The Labute approximate surface area is 205 Å². The van der Waals surface area contributed by atoms with Gasteiger partial charge in [0.05, 0.1) is 29.8 Å². The minimum absolute atomic E-state index is 0.0535. The van der Waals surface area contributed by atoms with Gasteiger partial charge in [-0.2, -0.15) is 15.0 Å². The zero-order chi connectivity index (χ0) is 24.6. The molecular formula is C23H26FN7O3S. The number of carbonyl (C=O) groups is 1. The van der Waals surface area contributed by atoms with Gasteiger partial charge >= 0.3 is 6.01 Å². The third-order valence-electron chi connectivity index (χ3n) is 6.31. The number of ether oxygens (including phenoxy) is 2. The van der Waals surface area contributed by atoms with Gasteiger partial charge in [-0.25, -0.2) is 9.37 Å². The Hall–Kier alpha value is -3.38. The predicted molar refractivity (Wildman–Crippen MR) is 129 cm³/mol. The zero-order valence-corrected chi connectivity index (χ0v) is 20.3. The first-order valence-corrected chi connectivity index (χ1v) is 12.2. The van der Waals surface area contributed by atoms with Gasteiger partial charge in [0.1, 0.15) is 0 Å². The predicted octanol–water partition coefficient (Wildman–Crippen LogP) is 3.36. The summed E-state index contributed by atoms with van der Waals surface area (Å²) in [7, 11) is 3.21. The molecule has 0 unspecified atom stereocenters. The van der Waals surface area contributed by atoms with Crippen molar-refractivity contribution in [1.29, 1.82) is 0 Å². The Kier molecular flexibility index (Phi) is 6.24. The van der Waals surface area contributed by atoms with Crippen LogP contribution in [-0.2, 0) is 4.74 Å². The molecule has 1 saturated heterocycles. The van der Waals surface area contributed by atoms with E-state index in [1.807, 2.05) is 0 Å². The normalized spacial score (nSPS) is 17.1. The number of nitrogens with zero attached hydrogens (tertiary/aromatic N) is 6. The van der Waals surface area contributed by atoms with Crippen molar-refractivity contribution in [3.8, 4) is 22.5 Å². The standard InChI is InChI=1S/C23H26FN7O3S/c1-30(2)19(32)14-5-6-16(15(24)11-14)34-22-28-18(17-12-26-20(25)35-17)27-21(29-22)31-9-10-33-13-23(31)7-3-4-8-23/h5-6,11-12H,3-4,7-10,13H2,1-2H3,(H2,25,26). The number of thiazole rings is 1. The Balaban J connectivity index is 1.53. The third-order valence-corrected chi connectivity index (χ3v) is 7.13. The smallest absolute Gasteiger partial charge is 0.327 e. The van der Waals surface area contributed by atoms with Crippen molar-refractivity contribution in [1.82, 2.24) is 24.8 Å². The second-order valence-electron chi connectivity index (χ2n) is 8.89. The molecule has 35 heavy (non-hydrogen) atoms. The van der Waals surface area contributed by atoms with E-state index in [2.05, 4.69) is 19.9 Å². The van der Waals surface area contributed by atoms with Gasteiger partial charge in [0.25, 0.3) is 5.91 Å². The molecule has 5 rings (SSSR count). The molecule has 3 aromatic rings. The fourth-order valence-corrected chi connectivity index (χ4v) is 5.20. The maximum Gasteiger partial charge on any atom is 0.327 e. The molecule has 12 heteroatoms. The fraction of sp³-hybridized carbons (Fsp3) is 0.435. The van der Waals surface area contributed by atoms with E-state index in [1.165, 1.54) is 28.4 Å². The summed E-state index contributed by atoms with van der Waals surface area (Å²) in [5.74, 6) is -0.301. The summed E-state index contributed by atoms with van der Waals surface area (Å²) in [6.07, 6.45) is 5.77. The van der Waals surface area contributed by atoms with E-state index >= 15 is 0 Å². The lowest BCUT2D eigenvalue weighted by atomic mass is 9.95. The summed E-state index contributed by atoms with van der Waals surface area (Å²) < 4.78 is 26.5. The highest BCUT2D eigenvalue weighted by Gasteiger charge is 2.43. The number of amides is 1. The maximum atomic E-state index is 14.9. The van der Waals surface area contributed by atoms with Crippen molar-refractivity contribution in [3.63, 3.8) is 0 Å². The van der Waals surface area contributed by atoms with Crippen molar-refractivity contribution in [3.05, 3.63) is 35.8 Å². The van der Waals surface area contributed by atoms with Crippen molar-refractivity contribution in [2.75, 3.05) is 44.5 Å². The number of nitrogens with two attached hydrogens (primary N) is 1. The molecule has 1 aliphatic carbocycles. The second-order valence-corrected chi connectivity index (χ2v) is 9.95. The van der Waals surface area contributed by atoms with Gasteiger partial charge in [0, 0.05) is 26.2 Å². The minimum atomic E-state index is -0.693. The van der Waals surface area contributed by atoms with Crippen LogP contribution in [0.1, 0.15) is 36.0 Å². The average Bonchev–Trinajstić information content (AvgIpc) is 3.49. The van der Waals surface area contributed by atoms with Crippen LogP contribution in [0.2, 0.25) is 0 Å². The number of hydrogen-bond donors (Lipinski definition) is 1. The fourth-order valence-electron chi connectivity index (χ4n) is 4.58. The Morgan fingerprint density at radius 2 is 2.06 bits per heavy atom. The molecule has 0 atom stereocenters. The lowest BCUT2D eigenvalue weighted by Crippen LogP contribution is -2.56. The molecule has 10 nitrogen and oxygen atoms in total. The molecule has 0 bridgehead atoms. The molecule has 1 aliphatic heterocycles. The van der Waals surface area contributed by atoms with E-state index in [4.69, 9.17) is 20.2 Å². The number of aromatic nitrogens is 4. The van der Waals surface area contributed by atoms with E-state index in [9.17, 15) is 9.18 Å². The molecule has 1 aromatic carbocycles. The second kappa shape index (κ2) is 9.34. The molecule has 0 radical (unpaired) electrons. The van der Waals surface area contributed by atoms with E-state index < -0.39 is 5.82 Å². The number of morpholine rings is 1. The van der Waals surface area contributed by atoms with Crippen LogP contribution >= 0.6 is 11.3 Å². The quantitative estimate of drug-likeness (QED) is 0.563. The van der Waals surface area contributed by atoms with Gasteiger partial charge < -0.3 is 25.0 Å². The van der Waals surface area contributed by atoms with Gasteiger partial charge in [0.15, 0.2) is 22.5 Å². The van der Waals surface area contributed by atoms with Gasteiger partial charge in [-0.1, -0.05) is 24.2 Å². The monoisotopic (exact) mass is 499 g/mol. The highest BCUT2D eigenvalue weighted by Crippen LogP contribution is 2.40. The van der Waals surface area contributed by atoms with Crippen LogP contribution in [0.25, 0.3) is 10.7 Å². The minimum Gasteiger partial charge on any atom is -0.421 e. The number of hydrogen-bond acceptors (Lipinski definition) is 10. The zero-order valence-electron chi connectivity index (χ0n) is 19.5. The molecule has 1 amide bonds. The molecule has 184 valence electrons. The van der Waals surface area contributed by atoms with Crippen LogP contribution in [0, 0.1) is 5.82 Å². The molecule has 2 N–H and O–H groups in total. The Morgan fingerprint density at radius 1 is 1.26 bits per heavy atom. The summed E-state index contributed by atoms with van der Waals surface area (Å²) in [6.45, 7) is 1.79. The summed E-state index contributed by atoms with van der Waals surface area (Å²) in [4.78, 5) is 34.2.